The number of carbonyl (C=O) groups excluding carboxylic acids is 3. The van der Waals surface area contributed by atoms with Crippen LogP contribution in [0.1, 0.15) is 42.3 Å². The van der Waals surface area contributed by atoms with E-state index in [9.17, 15) is 27.6 Å². The quantitative estimate of drug-likeness (QED) is 0.196. The fourth-order valence-electron chi connectivity index (χ4n) is 3.71. The number of alkyl halides is 3. The van der Waals surface area contributed by atoms with Gasteiger partial charge in [0.2, 0.25) is 0 Å². The van der Waals surface area contributed by atoms with Gasteiger partial charge in [-0.15, -0.1) is 0 Å². The van der Waals surface area contributed by atoms with Crippen molar-refractivity contribution in [3.63, 3.8) is 0 Å². The smallest absolute Gasteiger partial charge is 0.416 e. The minimum Gasteiger partial charge on any atom is -0.423 e. The van der Waals surface area contributed by atoms with Crippen LogP contribution >= 0.6 is 23.2 Å². The lowest BCUT2D eigenvalue weighted by Crippen LogP contribution is -2.32. The lowest BCUT2D eigenvalue weighted by Gasteiger charge is -2.19. The van der Waals surface area contributed by atoms with Crippen LogP contribution in [0.5, 0.6) is 5.75 Å². The van der Waals surface area contributed by atoms with Gasteiger partial charge >= 0.3 is 12.1 Å². The van der Waals surface area contributed by atoms with Crippen molar-refractivity contribution in [1.29, 1.82) is 0 Å². The number of amides is 2. The first-order valence-electron chi connectivity index (χ1n) is 11.5. The Kier molecular flexibility index (Phi) is 7.51. The fourth-order valence-corrected chi connectivity index (χ4v) is 4.13. The van der Waals surface area contributed by atoms with Gasteiger partial charge < -0.3 is 10.1 Å². The third-order valence-corrected chi connectivity index (χ3v) is 6.53. The van der Waals surface area contributed by atoms with E-state index in [1.807, 2.05) is 12.1 Å². The number of halogens is 5. The van der Waals surface area contributed by atoms with E-state index in [0.29, 0.717) is 16.7 Å². The second kappa shape index (κ2) is 10.4. The number of benzene rings is 3. The highest BCUT2D eigenvalue weighted by atomic mass is 35.5. The summed E-state index contributed by atoms with van der Waals surface area (Å²) in [6.45, 7) is 6.21. The molecule has 0 spiro atoms. The van der Waals surface area contributed by atoms with Crippen LogP contribution in [0.15, 0.2) is 77.5 Å². The molecule has 0 bridgehead atoms. The SMILES string of the molecule is CC(C)(C)c1ccc(OC(=O)c2ccc(NC3=C(Cl)C(=O)N(c4cc(C(F)(F)F)ccc4Cl)C3=O)cc2)cc1. The molecule has 1 aliphatic heterocycles. The van der Waals surface area contributed by atoms with Gasteiger partial charge in [0.1, 0.15) is 16.5 Å². The Morgan fingerprint density at radius 1 is 0.846 bits per heavy atom. The van der Waals surface area contributed by atoms with E-state index in [1.54, 1.807) is 12.1 Å². The molecule has 0 saturated carbocycles. The van der Waals surface area contributed by atoms with Crippen molar-refractivity contribution in [1.82, 2.24) is 0 Å². The molecule has 0 unspecified atom stereocenters. The topological polar surface area (TPSA) is 75.7 Å². The molecule has 6 nitrogen and oxygen atoms in total. The number of anilines is 2. The van der Waals surface area contributed by atoms with Crippen LogP contribution in [0.3, 0.4) is 0 Å². The van der Waals surface area contributed by atoms with Crippen LogP contribution in [0.25, 0.3) is 0 Å². The van der Waals surface area contributed by atoms with Crippen molar-refractivity contribution in [2.75, 3.05) is 10.2 Å². The molecule has 11 heteroatoms. The van der Waals surface area contributed by atoms with Crippen LogP contribution in [-0.4, -0.2) is 17.8 Å². The molecule has 0 saturated heterocycles. The average Bonchev–Trinajstić information content (AvgIpc) is 3.07. The van der Waals surface area contributed by atoms with Gasteiger partial charge in [0, 0.05) is 5.69 Å². The zero-order valence-corrected chi connectivity index (χ0v) is 22.3. The van der Waals surface area contributed by atoms with Gasteiger partial charge in [0.25, 0.3) is 11.8 Å². The van der Waals surface area contributed by atoms with Crippen molar-refractivity contribution >= 4 is 52.4 Å². The average molecular weight is 577 g/mol. The molecule has 1 N–H and O–H groups in total. The molecule has 39 heavy (non-hydrogen) atoms. The van der Waals surface area contributed by atoms with E-state index in [-0.39, 0.29) is 27.4 Å². The maximum Gasteiger partial charge on any atom is 0.416 e. The zero-order valence-electron chi connectivity index (χ0n) is 20.8. The molecule has 0 fully saturated rings. The summed E-state index contributed by atoms with van der Waals surface area (Å²) in [5, 5.41) is 1.91. The van der Waals surface area contributed by atoms with Gasteiger partial charge in [-0.3, -0.25) is 9.59 Å². The number of hydrogen-bond donors (Lipinski definition) is 1. The van der Waals surface area contributed by atoms with Gasteiger partial charge in [-0.05, 0) is 65.6 Å². The Hall–Kier alpha value is -3.82. The van der Waals surface area contributed by atoms with Gasteiger partial charge in [0.05, 0.1) is 21.8 Å². The minimum atomic E-state index is -4.72. The summed E-state index contributed by atoms with van der Waals surface area (Å²) in [4.78, 5) is 38.7. The predicted octanol–water partition coefficient (Wildman–Crippen LogP) is 7.31. The van der Waals surface area contributed by atoms with E-state index >= 15 is 0 Å². The summed E-state index contributed by atoms with van der Waals surface area (Å²) in [7, 11) is 0. The van der Waals surface area contributed by atoms with Crippen LogP contribution in [0.4, 0.5) is 24.5 Å². The number of carbonyl (C=O) groups is 3. The lowest BCUT2D eigenvalue weighted by atomic mass is 9.87. The Morgan fingerprint density at radius 2 is 1.44 bits per heavy atom. The second-order valence-corrected chi connectivity index (χ2v) is 10.5. The Balaban J connectivity index is 1.48. The summed E-state index contributed by atoms with van der Waals surface area (Å²) in [5.41, 5.74) is -0.369. The van der Waals surface area contributed by atoms with E-state index in [1.165, 1.54) is 24.3 Å². The highest BCUT2D eigenvalue weighted by Gasteiger charge is 2.41. The molecule has 3 aromatic rings. The molecular weight excluding hydrogens is 556 g/mol. The number of hydrogen-bond acceptors (Lipinski definition) is 5. The minimum absolute atomic E-state index is 0.0502. The number of imide groups is 1. The van der Waals surface area contributed by atoms with E-state index < -0.39 is 40.2 Å². The zero-order chi connectivity index (χ0) is 28.7. The number of esters is 1. The van der Waals surface area contributed by atoms with Crippen molar-refractivity contribution in [3.05, 3.63) is 99.2 Å². The summed E-state index contributed by atoms with van der Waals surface area (Å²) < 4.78 is 44.9. The third kappa shape index (κ3) is 5.94. The van der Waals surface area contributed by atoms with Gasteiger partial charge in [-0.1, -0.05) is 56.1 Å². The largest absolute Gasteiger partial charge is 0.423 e. The Morgan fingerprint density at radius 3 is 2.00 bits per heavy atom. The van der Waals surface area contributed by atoms with Crippen molar-refractivity contribution in [2.45, 2.75) is 32.4 Å². The predicted molar refractivity (Wildman–Crippen MR) is 142 cm³/mol. The van der Waals surface area contributed by atoms with Crippen LogP contribution in [0.2, 0.25) is 5.02 Å². The van der Waals surface area contributed by atoms with Gasteiger partial charge in [0.15, 0.2) is 0 Å². The summed E-state index contributed by atoms with van der Waals surface area (Å²) in [5.74, 6) is -2.27. The molecule has 0 atom stereocenters. The van der Waals surface area contributed by atoms with Crippen LogP contribution in [0, 0.1) is 0 Å². The summed E-state index contributed by atoms with van der Waals surface area (Å²) in [6, 6.07) is 15.2. The molecule has 0 aliphatic carbocycles. The molecular formula is C28H21Cl2F3N2O4. The molecule has 1 heterocycles. The number of rotatable bonds is 5. The van der Waals surface area contributed by atoms with E-state index in [4.69, 9.17) is 27.9 Å². The monoisotopic (exact) mass is 576 g/mol. The number of nitrogens with one attached hydrogen (secondary N) is 1. The first-order chi connectivity index (χ1) is 18.2. The maximum absolute atomic E-state index is 13.2. The van der Waals surface area contributed by atoms with E-state index in [2.05, 4.69) is 26.1 Å². The molecule has 0 aromatic heterocycles. The standard InChI is InChI=1S/C28H21Cl2F3N2O4/c1-27(2,3)16-6-11-19(12-7-16)39-26(38)15-4-9-18(10-5-15)34-23-22(30)24(36)35(25(23)37)21-14-17(28(31,32)33)8-13-20(21)29/h4-14,34H,1-3H3. The fraction of sp³-hybridized carbons (Fsp3) is 0.179. The van der Waals surface area contributed by atoms with Gasteiger partial charge in [-0.25, -0.2) is 9.69 Å². The number of ether oxygens (including phenoxy) is 1. The molecule has 1 aliphatic rings. The molecule has 2 amide bonds. The second-order valence-electron chi connectivity index (χ2n) is 9.66. The molecule has 3 aromatic carbocycles. The first-order valence-corrected chi connectivity index (χ1v) is 12.3. The number of nitrogens with zero attached hydrogens (tertiary/aromatic N) is 1. The normalized spacial score (nSPS) is 14.2. The van der Waals surface area contributed by atoms with Crippen molar-refractivity contribution in [3.8, 4) is 5.75 Å². The highest BCUT2D eigenvalue weighted by molar-refractivity contribution is 6.53. The van der Waals surface area contributed by atoms with Crippen molar-refractivity contribution in [2.24, 2.45) is 0 Å². The highest BCUT2D eigenvalue weighted by Crippen LogP contribution is 2.39. The molecule has 202 valence electrons. The third-order valence-electron chi connectivity index (χ3n) is 5.86. The Bertz CT molecular complexity index is 1490. The summed E-state index contributed by atoms with van der Waals surface area (Å²) >= 11 is 12.1. The first kappa shape index (κ1) is 28.2. The molecule has 0 radical (unpaired) electrons. The van der Waals surface area contributed by atoms with Crippen molar-refractivity contribution < 1.29 is 32.3 Å². The summed E-state index contributed by atoms with van der Waals surface area (Å²) in [6.07, 6.45) is -4.72. The Labute approximate surface area is 232 Å². The lowest BCUT2D eigenvalue weighted by molar-refractivity contribution is -0.137. The maximum atomic E-state index is 13.2. The van der Waals surface area contributed by atoms with E-state index in [0.717, 1.165) is 17.7 Å². The van der Waals surface area contributed by atoms with Crippen LogP contribution in [-0.2, 0) is 21.2 Å². The van der Waals surface area contributed by atoms with Gasteiger partial charge in [-0.2, -0.15) is 13.2 Å². The molecule has 4 rings (SSSR count). The van der Waals surface area contributed by atoms with Crippen LogP contribution < -0.4 is 15.0 Å².